The minimum Gasteiger partial charge on any atom is -0.457 e. The third kappa shape index (κ3) is 2.62. The molecule has 136 valence electrons. The van der Waals surface area contributed by atoms with E-state index in [-0.39, 0.29) is 35.9 Å². The van der Waals surface area contributed by atoms with Gasteiger partial charge >= 0.3 is 11.9 Å². The number of hydrogen-bond acceptors (Lipinski definition) is 5. The molecule has 6 aliphatic rings. The summed E-state index contributed by atoms with van der Waals surface area (Å²) in [7, 11) is 0. The van der Waals surface area contributed by atoms with E-state index in [0.717, 1.165) is 19.3 Å². The molecule has 1 N–H and O–H groups in total. The maximum absolute atomic E-state index is 12.3. The second-order valence-corrected chi connectivity index (χ2v) is 9.14. The number of ether oxygens (including phenoxy) is 2. The standard InChI is InChI=1S/C20H26O5/c21-17(10-24-19(23)16-6-14-1-2-15(16)18(14)22)25-20-7-11-3-12(8-20)5-13(4-11)9-20/h1-2,11-16,18,22H,3-10H2. The van der Waals surface area contributed by atoms with E-state index in [0.29, 0.717) is 24.2 Å². The molecule has 6 rings (SSSR count). The van der Waals surface area contributed by atoms with Gasteiger partial charge in [0.05, 0.1) is 12.0 Å². The van der Waals surface area contributed by atoms with Gasteiger partial charge in [-0.2, -0.15) is 0 Å². The Morgan fingerprint density at radius 3 is 2.16 bits per heavy atom. The van der Waals surface area contributed by atoms with Crippen LogP contribution in [0.5, 0.6) is 0 Å². The lowest BCUT2D eigenvalue weighted by molar-refractivity contribution is -0.193. The lowest BCUT2D eigenvalue weighted by atomic mass is 9.54. The highest BCUT2D eigenvalue weighted by atomic mass is 16.6. The van der Waals surface area contributed by atoms with E-state index in [9.17, 15) is 14.7 Å². The Morgan fingerprint density at radius 2 is 1.64 bits per heavy atom. The maximum atomic E-state index is 12.3. The molecule has 6 aliphatic carbocycles. The van der Waals surface area contributed by atoms with Crippen LogP contribution in [0.25, 0.3) is 0 Å². The van der Waals surface area contributed by atoms with E-state index in [2.05, 4.69) is 0 Å². The van der Waals surface area contributed by atoms with Gasteiger partial charge in [-0.15, -0.1) is 0 Å². The van der Waals surface area contributed by atoms with Crippen LogP contribution in [-0.2, 0) is 19.1 Å². The molecule has 5 fully saturated rings. The largest absolute Gasteiger partial charge is 0.457 e. The van der Waals surface area contributed by atoms with Crippen LogP contribution in [0.15, 0.2) is 12.2 Å². The van der Waals surface area contributed by atoms with E-state index in [1.54, 1.807) is 0 Å². The highest BCUT2D eigenvalue weighted by molar-refractivity contribution is 5.79. The minimum atomic E-state index is -0.475. The second kappa shape index (κ2) is 5.57. The molecule has 0 aliphatic heterocycles. The van der Waals surface area contributed by atoms with Gasteiger partial charge in [-0.05, 0) is 62.7 Å². The summed E-state index contributed by atoms with van der Waals surface area (Å²) in [6.07, 6.45) is 10.9. The van der Waals surface area contributed by atoms with Crippen LogP contribution in [0.4, 0.5) is 0 Å². The van der Waals surface area contributed by atoms with Crippen molar-refractivity contribution < 1.29 is 24.2 Å². The Balaban J connectivity index is 1.15. The minimum absolute atomic E-state index is 0.0570. The highest BCUT2D eigenvalue weighted by Gasteiger charge is 2.53. The number of carbonyl (C=O) groups excluding carboxylic acids is 2. The zero-order chi connectivity index (χ0) is 17.2. The molecule has 0 amide bonds. The van der Waals surface area contributed by atoms with Crippen LogP contribution in [0.2, 0.25) is 0 Å². The molecule has 5 saturated carbocycles. The van der Waals surface area contributed by atoms with Gasteiger partial charge in [0.2, 0.25) is 0 Å². The van der Waals surface area contributed by atoms with Crippen LogP contribution in [0.3, 0.4) is 0 Å². The molecule has 0 heterocycles. The first-order valence-corrected chi connectivity index (χ1v) is 9.76. The van der Waals surface area contributed by atoms with Crippen LogP contribution in [-0.4, -0.2) is 35.4 Å². The predicted molar refractivity (Wildman–Crippen MR) is 88.2 cm³/mol. The summed E-state index contributed by atoms with van der Waals surface area (Å²) in [6.45, 7) is -0.297. The van der Waals surface area contributed by atoms with E-state index in [1.165, 1.54) is 19.3 Å². The highest BCUT2D eigenvalue weighted by Crippen LogP contribution is 2.57. The normalized spacial score (nSPS) is 48.8. The fourth-order valence-corrected chi connectivity index (χ4v) is 6.74. The number of aliphatic hydroxyl groups is 1. The number of fused-ring (bicyclic) bond motifs is 2. The average Bonchev–Trinajstić information content (AvgIpc) is 3.06. The summed E-state index contributed by atoms with van der Waals surface area (Å²) in [5, 5.41) is 10.0. The van der Waals surface area contributed by atoms with Crippen molar-refractivity contribution in [2.75, 3.05) is 6.61 Å². The lowest BCUT2D eigenvalue weighted by Crippen LogP contribution is -2.53. The molecule has 0 radical (unpaired) electrons. The smallest absolute Gasteiger partial charge is 0.344 e. The lowest BCUT2D eigenvalue weighted by Gasteiger charge is -2.55. The van der Waals surface area contributed by atoms with Gasteiger partial charge in [0.15, 0.2) is 6.61 Å². The monoisotopic (exact) mass is 346 g/mol. The van der Waals surface area contributed by atoms with Crippen LogP contribution in [0, 0.1) is 35.5 Å². The third-order valence-electron chi connectivity index (χ3n) is 7.35. The molecule has 0 aromatic heterocycles. The molecule has 0 aromatic carbocycles. The predicted octanol–water partition coefficient (Wildman–Crippen LogP) is 2.22. The summed E-state index contributed by atoms with van der Waals surface area (Å²) in [4.78, 5) is 24.6. The van der Waals surface area contributed by atoms with Crippen molar-refractivity contribution in [1.82, 2.24) is 0 Å². The van der Waals surface area contributed by atoms with Crippen molar-refractivity contribution in [3.8, 4) is 0 Å². The molecule has 5 nitrogen and oxygen atoms in total. The number of esters is 2. The van der Waals surface area contributed by atoms with Crippen molar-refractivity contribution in [2.24, 2.45) is 35.5 Å². The molecular formula is C20H26O5. The second-order valence-electron chi connectivity index (χ2n) is 9.14. The van der Waals surface area contributed by atoms with Crippen LogP contribution in [0.1, 0.15) is 44.9 Å². The van der Waals surface area contributed by atoms with Gasteiger partial charge in [0.25, 0.3) is 0 Å². The Bertz CT molecular complexity index is 588. The molecule has 0 aromatic rings. The quantitative estimate of drug-likeness (QED) is 0.624. The van der Waals surface area contributed by atoms with Gasteiger partial charge in [0, 0.05) is 11.8 Å². The Morgan fingerprint density at radius 1 is 1.00 bits per heavy atom. The molecular weight excluding hydrogens is 320 g/mol. The van der Waals surface area contributed by atoms with Gasteiger partial charge < -0.3 is 14.6 Å². The molecule has 4 atom stereocenters. The fourth-order valence-electron chi connectivity index (χ4n) is 6.74. The van der Waals surface area contributed by atoms with Crippen molar-refractivity contribution in [2.45, 2.75) is 56.7 Å². The summed E-state index contributed by atoms with van der Waals surface area (Å²) in [5.41, 5.74) is -0.288. The van der Waals surface area contributed by atoms with E-state index >= 15 is 0 Å². The van der Waals surface area contributed by atoms with Crippen LogP contribution >= 0.6 is 0 Å². The molecule has 0 spiro atoms. The van der Waals surface area contributed by atoms with Crippen molar-refractivity contribution in [1.29, 1.82) is 0 Å². The fraction of sp³-hybridized carbons (Fsp3) is 0.800. The molecule has 6 bridgehead atoms. The Kier molecular flexibility index (Phi) is 3.53. The number of rotatable bonds is 4. The van der Waals surface area contributed by atoms with Gasteiger partial charge in [-0.3, -0.25) is 4.79 Å². The molecule has 0 saturated heterocycles. The van der Waals surface area contributed by atoms with E-state index < -0.39 is 12.1 Å². The van der Waals surface area contributed by atoms with E-state index in [4.69, 9.17) is 9.47 Å². The molecule has 4 unspecified atom stereocenters. The maximum Gasteiger partial charge on any atom is 0.344 e. The summed E-state index contributed by atoms with van der Waals surface area (Å²) in [5.74, 6) is 0.931. The third-order valence-corrected chi connectivity index (χ3v) is 7.35. The average molecular weight is 346 g/mol. The van der Waals surface area contributed by atoms with Crippen molar-refractivity contribution in [3.05, 3.63) is 12.2 Å². The Hall–Kier alpha value is -1.36. The van der Waals surface area contributed by atoms with Gasteiger partial charge in [0.1, 0.15) is 5.60 Å². The van der Waals surface area contributed by atoms with Gasteiger partial charge in [-0.25, -0.2) is 4.79 Å². The topological polar surface area (TPSA) is 72.8 Å². The molecule has 5 heteroatoms. The zero-order valence-electron chi connectivity index (χ0n) is 14.4. The summed E-state index contributed by atoms with van der Waals surface area (Å²) in [6, 6.07) is 0. The van der Waals surface area contributed by atoms with E-state index in [1.807, 2.05) is 12.2 Å². The van der Waals surface area contributed by atoms with Crippen molar-refractivity contribution >= 4 is 11.9 Å². The van der Waals surface area contributed by atoms with Crippen molar-refractivity contribution in [3.63, 3.8) is 0 Å². The first kappa shape index (κ1) is 15.9. The van der Waals surface area contributed by atoms with Gasteiger partial charge in [-0.1, -0.05) is 12.2 Å². The van der Waals surface area contributed by atoms with Crippen LogP contribution < -0.4 is 0 Å². The summed E-state index contributed by atoms with van der Waals surface area (Å²) < 4.78 is 11.1. The first-order valence-electron chi connectivity index (χ1n) is 9.76. The SMILES string of the molecule is O=C(COC(=O)C1CC2C=CC1C2O)OC12CC3CC(CC(C3)C1)C2. The zero-order valence-corrected chi connectivity index (χ0v) is 14.4. The number of hydrogen-bond donors (Lipinski definition) is 1. The number of aliphatic hydroxyl groups excluding tert-OH is 1. The first-order chi connectivity index (χ1) is 12.0. The number of carbonyl (C=O) groups is 2. The Labute approximate surface area is 147 Å². The molecule has 25 heavy (non-hydrogen) atoms. The summed E-state index contributed by atoms with van der Waals surface area (Å²) >= 11 is 0.